The van der Waals surface area contributed by atoms with E-state index in [0.717, 1.165) is 38.7 Å². The molecule has 1 saturated heterocycles. The van der Waals surface area contributed by atoms with Crippen LogP contribution >= 0.6 is 11.3 Å². The maximum Gasteiger partial charge on any atom is 0.185 e. The molecule has 1 aliphatic carbocycles. The Labute approximate surface area is 119 Å². The third-order valence-corrected chi connectivity index (χ3v) is 4.95. The predicted octanol–water partition coefficient (Wildman–Crippen LogP) is 2.32. The Kier molecular flexibility index (Phi) is 4.05. The van der Waals surface area contributed by atoms with Crippen molar-refractivity contribution in [2.24, 2.45) is 0 Å². The minimum atomic E-state index is 0.305. The van der Waals surface area contributed by atoms with Gasteiger partial charge in [0.1, 0.15) is 0 Å². The first-order valence-corrected chi connectivity index (χ1v) is 8.10. The molecule has 1 N–H and O–H groups in total. The highest BCUT2D eigenvalue weighted by Crippen LogP contribution is 2.28. The lowest BCUT2D eigenvalue weighted by Crippen LogP contribution is -2.29. The number of aryl methyl sites for hydroxylation is 1. The third kappa shape index (κ3) is 3.46. The minimum Gasteiger partial charge on any atom is -0.377 e. The van der Waals surface area contributed by atoms with E-state index in [4.69, 9.17) is 9.72 Å². The van der Waals surface area contributed by atoms with Gasteiger partial charge in [-0.15, -0.1) is 11.3 Å². The van der Waals surface area contributed by atoms with Crippen molar-refractivity contribution in [1.29, 1.82) is 0 Å². The molecule has 0 bridgehead atoms. The van der Waals surface area contributed by atoms with Crippen LogP contribution in [0.1, 0.15) is 36.8 Å². The Hall–Kier alpha value is -0.650. The standard InChI is InChI=1S/C14H23N3OS/c1-10-9-17(6-3-7-18-10)14-16-11(2)13(19-14)8-15-12-4-5-12/h10,12,15H,3-9H2,1-2H3. The molecule has 106 valence electrons. The largest absolute Gasteiger partial charge is 0.377 e. The summed E-state index contributed by atoms with van der Waals surface area (Å²) in [6.45, 7) is 8.15. The summed E-state index contributed by atoms with van der Waals surface area (Å²) in [7, 11) is 0. The van der Waals surface area contributed by atoms with Crippen LogP contribution in [0.25, 0.3) is 0 Å². The van der Waals surface area contributed by atoms with Gasteiger partial charge in [-0.05, 0) is 33.1 Å². The van der Waals surface area contributed by atoms with E-state index < -0.39 is 0 Å². The summed E-state index contributed by atoms with van der Waals surface area (Å²) in [5, 5.41) is 4.75. The first-order chi connectivity index (χ1) is 9.22. The number of rotatable bonds is 4. The zero-order chi connectivity index (χ0) is 13.2. The fraction of sp³-hybridized carbons (Fsp3) is 0.786. The van der Waals surface area contributed by atoms with Crippen molar-refractivity contribution >= 4 is 16.5 Å². The molecular weight excluding hydrogens is 258 g/mol. The molecule has 2 heterocycles. The van der Waals surface area contributed by atoms with Crippen molar-refractivity contribution in [2.45, 2.75) is 51.8 Å². The Morgan fingerprint density at radius 1 is 1.47 bits per heavy atom. The number of hydrogen-bond donors (Lipinski definition) is 1. The topological polar surface area (TPSA) is 37.4 Å². The summed E-state index contributed by atoms with van der Waals surface area (Å²) < 4.78 is 5.70. The highest BCUT2D eigenvalue weighted by Gasteiger charge is 2.22. The molecule has 1 atom stereocenters. The van der Waals surface area contributed by atoms with Crippen molar-refractivity contribution in [3.63, 3.8) is 0 Å². The van der Waals surface area contributed by atoms with Crippen molar-refractivity contribution in [3.05, 3.63) is 10.6 Å². The molecule has 0 amide bonds. The highest BCUT2D eigenvalue weighted by atomic mass is 32.1. The second kappa shape index (κ2) is 5.77. The molecule has 1 aromatic heterocycles. The zero-order valence-electron chi connectivity index (χ0n) is 11.8. The predicted molar refractivity (Wildman–Crippen MR) is 79.0 cm³/mol. The highest BCUT2D eigenvalue weighted by molar-refractivity contribution is 7.15. The van der Waals surface area contributed by atoms with E-state index in [1.165, 1.54) is 28.5 Å². The number of nitrogens with one attached hydrogen (secondary N) is 1. The quantitative estimate of drug-likeness (QED) is 0.919. The van der Waals surface area contributed by atoms with Crippen LogP contribution in [0.15, 0.2) is 0 Å². The van der Waals surface area contributed by atoms with Crippen molar-refractivity contribution in [3.8, 4) is 0 Å². The summed E-state index contributed by atoms with van der Waals surface area (Å²) in [6.07, 6.45) is 4.08. The zero-order valence-corrected chi connectivity index (χ0v) is 12.6. The molecule has 1 aromatic rings. The lowest BCUT2D eigenvalue weighted by molar-refractivity contribution is 0.0821. The summed E-state index contributed by atoms with van der Waals surface area (Å²) in [6, 6.07) is 0.761. The molecule has 3 rings (SSSR count). The summed E-state index contributed by atoms with van der Waals surface area (Å²) in [5.74, 6) is 0. The van der Waals surface area contributed by atoms with Crippen molar-refractivity contribution in [1.82, 2.24) is 10.3 Å². The van der Waals surface area contributed by atoms with Gasteiger partial charge in [0.2, 0.25) is 0 Å². The van der Waals surface area contributed by atoms with Gasteiger partial charge < -0.3 is 15.0 Å². The Balaban J connectivity index is 1.67. The van der Waals surface area contributed by atoms with Crippen LogP contribution < -0.4 is 10.2 Å². The van der Waals surface area contributed by atoms with E-state index >= 15 is 0 Å². The van der Waals surface area contributed by atoms with Crippen molar-refractivity contribution in [2.75, 3.05) is 24.6 Å². The van der Waals surface area contributed by atoms with Gasteiger partial charge >= 0.3 is 0 Å². The van der Waals surface area contributed by atoms with E-state index in [9.17, 15) is 0 Å². The molecule has 1 aliphatic heterocycles. The van der Waals surface area contributed by atoms with Gasteiger partial charge in [0.05, 0.1) is 11.8 Å². The molecule has 0 spiro atoms. The van der Waals surface area contributed by atoms with Crippen LogP contribution in [-0.4, -0.2) is 36.8 Å². The van der Waals surface area contributed by atoms with E-state index in [-0.39, 0.29) is 0 Å². The van der Waals surface area contributed by atoms with Crippen LogP contribution in [0.2, 0.25) is 0 Å². The first kappa shape index (κ1) is 13.3. The molecule has 5 heteroatoms. The molecule has 4 nitrogen and oxygen atoms in total. The molecule has 0 aromatic carbocycles. The van der Waals surface area contributed by atoms with Gasteiger partial charge in [0.15, 0.2) is 5.13 Å². The van der Waals surface area contributed by atoms with Crippen LogP contribution in [0, 0.1) is 6.92 Å². The minimum absolute atomic E-state index is 0.305. The number of anilines is 1. The van der Waals surface area contributed by atoms with E-state index in [1.54, 1.807) is 0 Å². The van der Waals surface area contributed by atoms with Gasteiger partial charge in [-0.2, -0.15) is 0 Å². The van der Waals surface area contributed by atoms with Crippen molar-refractivity contribution < 1.29 is 4.74 Å². The smallest absolute Gasteiger partial charge is 0.185 e. The Morgan fingerprint density at radius 3 is 3.11 bits per heavy atom. The maximum absolute atomic E-state index is 5.70. The third-order valence-electron chi connectivity index (χ3n) is 3.73. The van der Waals surface area contributed by atoms with Crippen LogP contribution in [0.5, 0.6) is 0 Å². The normalized spacial score (nSPS) is 24.5. The van der Waals surface area contributed by atoms with Gasteiger partial charge in [-0.25, -0.2) is 4.98 Å². The van der Waals surface area contributed by atoms with Crippen LogP contribution in [-0.2, 0) is 11.3 Å². The number of aromatic nitrogens is 1. The lowest BCUT2D eigenvalue weighted by atomic mass is 10.3. The van der Waals surface area contributed by atoms with Gasteiger partial charge in [0.25, 0.3) is 0 Å². The molecule has 19 heavy (non-hydrogen) atoms. The summed E-state index contributed by atoms with van der Waals surface area (Å²) >= 11 is 1.84. The number of thiazole rings is 1. The molecule has 2 fully saturated rings. The first-order valence-electron chi connectivity index (χ1n) is 7.28. The fourth-order valence-electron chi connectivity index (χ4n) is 2.40. The second-order valence-electron chi connectivity index (χ2n) is 5.64. The Bertz CT molecular complexity index is 430. The van der Waals surface area contributed by atoms with Crippen LogP contribution in [0.3, 0.4) is 0 Å². The summed E-state index contributed by atoms with van der Waals surface area (Å²) in [5.41, 5.74) is 1.19. The molecule has 1 unspecified atom stereocenters. The lowest BCUT2D eigenvalue weighted by Gasteiger charge is -2.20. The van der Waals surface area contributed by atoms with E-state index in [2.05, 4.69) is 24.1 Å². The number of hydrogen-bond acceptors (Lipinski definition) is 5. The number of ether oxygens (including phenoxy) is 1. The van der Waals surface area contributed by atoms with E-state index in [1.807, 2.05) is 11.3 Å². The number of nitrogens with zero attached hydrogens (tertiary/aromatic N) is 2. The SMILES string of the molecule is Cc1nc(N2CCCOC(C)C2)sc1CNC1CC1. The second-order valence-corrected chi connectivity index (χ2v) is 6.70. The van der Waals surface area contributed by atoms with Crippen LogP contribution in [0.4, 0.5) is 5.13 Å². The monoisotopic (exact) mass is 281 g/mol. The van der Waals surface area contributed by atoms with E-state index in [0.29, 0.717) is 6.10 Å². The van der Waals surface area contributed by atoms with Gasteiger partial charge in [-0.1, -0.05) is 0 Å². The Morgan fingerprint density at radius 2 is 2.32 bits per heavy atom. The molecule has 1 saturated carbocycles. The average molecular weight is 281 g/mol. The molecule has 0 radical (unpaired) electrons. The van der Waals surface area contributed by atoms with Gasteiger partial charge in [-0.3, -0.25) is 0 Å². The average Bonchev–Trinajstić information content (AvgIpc) is 3.16. The maximum atomic E-state index is 5.70. The fourth-order valence-corrected chi connectivity index (χ4v) is 3.45. The molecule has 2 aliphatic rings. The molecular formula is C14H23N3OS. The summed E-state index contributed by atoms with van der Waals surface area (Å²) in [4.78, 5) is 8.53. The van der Waals surface area contributed by atoms with Gasteiger partial charge in [0, 0.05) is 37.2 Å².